The molecule has 7 nitrogen and oxygen atoms in total. The van der Waals surface area contributed by atoms with Crippen LogP contribution in [0.5, 0.6) is 5.75 Å². The van der Waals surface area contributed by atoms with Crippen molar-refractivity contribution in [2.24, 2.45) is 0 Å². The van der Waals surface area contributed by atoms with Crippen LogP contribution in [0.4, 0.5) is 13.2 Å². The van der Waals surface area contributed by atoms with Gasteiger partial charge >= 0.3 is 6.36 Å². The summed E-state index contributed by atoms with van der Waals surface area (Å²) in [4.78, 5) is 12.7. The number of para-hydroxylation sites is 1. The second-order valence-electron chi connectivity index (χ2n) is 5.87. The monoisotopic (exact) mass is 391 g/mol. The molecule has 3 aromatic rings. The molecule has 28 heavy (non-hydrogen) atoms. The van der Waals surface area contributed by atoms with Gasteiger partial charge in [0.05, 0.1) is 0 Å². The summed E-state index contributed by atoms with van der Waals surface area (Å²) in [5.74, 6) is -0.796. The van der Waals surface area contributed by atoms with Gasteiger partial charge in [0.1, 0.15) is 18.1 Å². The highest BCUT2D eigenvalue weighted by Crippen LogP contribution is 2.26. The van der Waals surface area contributed by atoms with Crippen LogP contribution in [0.3, 0.4) is 0 Å². The normalized spacial score (nSPS) is 12.4. The molecule has 0 bridgehead atoms. The SMILES string of the molecule is O=C(NCc1ccccc1OC(F)(F)F)C(Cc1ccccc1)n1cnnn1. The number of nitrogens with zero attached hydrogens (tertiary/aromatic N) is 4. The smallest absolute Gasteiger partial charge is 0.405 e. The summed E-state index contributed by atoms with van der Waals surface area (Å²) >= 11 is 0. The molecule has 10 heteroatoms. The minimum atomic E-state index is -4.82. The molecule has 1 heterocycles. The van der Waals surface area contributed by atoms with E-state index in [4.69, 9.17) is 0 Å². The van der Waals surface area contributed by atoms with Gasteiger partial charge in [-0.25, -0.2) is 4.68 Å². The van der Waals surface area contributed by atoms with Crippen molar-refractivity contribution in [1.82, 2.24) is 25.5 Å². The fourth-order valence-electron chi connectivity index (χ4n) is 2.63. The number of halogens is 3. The summed E-state index contributed by atoms with van der Waals surface area (Å²) in [6.07, 6.45) is -3.19. The minimum Gasteiger partial charge on any atom is -0.405 e. The van der Waals surface area contributed by atoms with Crippen molar-refractivity contribution in [3.8, 4) is 5.75 Å². The molecule has 2 aromatic carbocycles. The second kappa shape index (κ2) is 8.51. The minimum absolute atomic E-state index is 0.140. The lowest BCUT2D eigenvalue weighted by atomic mass is 10.1. The van der Waals surface area contributed by atoms with E-state index in [2.05, 4.69) is 25.6 Å². The van der Waals surface area contributed by atoms with E-state index in [1.165, 1.54) is 29.2 Å². The maximum absolute atomic E-state index is 12.7. The number of carbonyl (C=O) groups is 1. The molecule has 146 valence electrons. The van der Waals surface area contributed by atoms with Gasteiger partial charge in [0.25, 0.3) is 0 Å². The van der Waals surface area contributed by atoms with E-state index in [1.54, 1.807) is 6.07 Å². The molecular weight excluding hydrogens is 375 g/mol. The summed E-state index contributed by atoms with van der Waals surface area (Å²) in [5, 5.41) is 13.5. The lowest BCUT2D eigenvalue weighted by Gasteiger charge is -2.18. The van der Waals surface area contributed by atoms with E-state index in [9.17, 15) is 18.0 Å². The van der Waals surface area contributed by atoms with Crippen molar-refractivity contribution >= 4 is 5.91 Å². The van der Waals surface area contributed by atoms with E-state index < -0.39 is 18.3 Å². The number of nitrogens with one attached hydrogen (secondary N) is 1. The van der Waals surface area contributed by atoms with Crippen LogP contribution in [0.15, 0.2) is 60.9 Å². The standard InChI is InChI=1S/C18H16F3N5O2/c19-18(20,21)28-16-9-5-4-8-14(16)11-22-17(27)15(26-12-23-24-25-26)10-13-6-2-1-3-7-13/h1-9,12,15H,10-11H2,(H,22,27). The highest BCUT2D eigenvalue weighted by Gasteiger charge is 2.32. The van der Waals surface area contributed by atoms with Gasteiger partial charge in [0.2, 0.25) is 5.91 Å². The number of amides is 1. The zero-order valence-corrected chi connectivity index (χ0v) is 14.5. The van der Waals surface area contributed by atoms with Gasteiger partial charge in [-0.3, -0.25) is 4.79 Å². The maximum atomic E-state index is 12.7. The number of alkyl halides is 3. The van der Waals surface area contributed by atoms with Crippen molar-refractivity contribution in [1.29, 1.82) is 0 Å². The first kappa shape index (κ1) is 19.3. The van der Waals surface area contributed by atoms with Gasteiger partial charge in [-0.05, 0) is 22.1 Å². The van der Waals surface area contributed by atoms with Crippen molar-refractivity contribution < 1.29 is 22.7 Å². The molecule has 0 saturated carbocycles. The molecular formula is C18H16F3N5O2. The van der Waals surface area contributed by atoms with Crippen molar-refractivity contribution in [3.63, 3.8) is 0 Å². The lowest BCUT2D eigenvalue weighted by molar-refractivity contribution is -0.274. The average Bonchev–Trinajstić information content (AvgIpc) is 3.19. The molecule has 1 unspecified atom stereocenters. The first-order valence-corrected chi connectivity index (χ1v) is 8.30. The largest absolute Gasteiger partial charge is 0.573 e. The van der Waals surface area contributed by atoms with Crippen LogP contribution in [-0.2, 0) is 17.8 Å². The number of rotatable bonds is 7. The van der Waals surface area contributed by atoms with Gasteiger partial charge in [-0.1, -0.05) is 48.5 Å². The fraction of sp³-hybridized carbons (Fsp3) is 0.222. The Morgan fingerprint density at radius 2 is 1.82 bits per heavy atom. The Morgan fingerprint density at radius 1 is 1.11 bits per heavy atom. The molecule has 1 aromatic heterocycles. The number of carbonyl (C=O) groups excluding carboxylic acids is 1. The van der Waals surface area contributed by atoms with Crippen LogP contribution in [0.2, 0.25) is 0 Å². The predicted octanol–water partition coefficient (Wildman–Crippen LogP) is 2.67. The van der Waals surface area contributed by atoms with Gasteiger partial charge in [0, 0.05) is 18.5 Å². The Morgan fingerprint density at radius 3 is 2.50 bits per heavy atom. The van der Waals surface area contributed by atoms with Crippen LogP contribution in [0.25, 0.3) is 0 Å². The van der Waals surface area contributed by atoms with Gasteiger partial charge in [0.15, 0.2) is 0 Å². The second-order valence-corrected chi connectivity index (χ2v) is 5.87. The van der Waals surface area contributed by atoms with Crippen LogP contribution in [0, 0.1) is 0 Å². The molecule has 0 aliphatic heterocycles. The van der Waals surface area contributed by atoms with Crippen LogP contribution in [0.1, 0.15) is 17.2 Å². The average molecular weight is 391 g/mol. The highest BCUT2D eigenvalue weighted by atomic mass is 19.4. The summed E-state index contributed by atoms with van der Waals surface area (Å²) in [5.41, 5.74) is 1.09. The van der Waals surface area contributed by atoms with Crippen molar-refractivity contribution in [2.45, 2.75) is 25.4 Å². The third kappa shape index (κ3) is 5.29. The summed E-state index contributed by atoms with van der Waals surface area (Å²) in [7, 11) is 0. The van der Waals surface area contributed by atoms with E-state index in [1.807, 2.05) is 30.3 Å². The summed E-state index contributed by atoms with van der Waals surface area (Å²) < 4.78 is 42.9. The summed E-state index contributed by atoms with van der Waals surface area (Å²) in [6.45, 7) is -0.140. The molecule has 1 atom stereocenters. The molecule has 3 rings (SSSR count). The zero-order chi connectivity index (χ0) is 20.0. The van der Waals surface area contributed by atoms with E-state index in [0.717, 1.165) is 5.56 Å². The topological polar surface area (TPSA) is 81.9 Å². The number of aromatic nitrogens is 4. The third-order valence-corrected chi connectivity index (χ3v) is 3.91. The molecule has 0 fully saturated rings. The Balaban J connectivity index is 1.73. The predicted molar refractivity (Wildman–Crippen MR) is 92.0 cm³/mol. The van der Waals surface area contributed by atoms with Crippen molar-refractivity contribution in [3.05, 3.63) is 72.1 Å². The molecule has 0 saturated heterocycles. The van der Waals surface area contributed by atoms with Crippen molar-refractivity contribution in [2.75, 3.05) is 0 Å². The van der Waals surface area contributed by atoms with Gasteiger partial charge in [-0.15, -0.1) is 18.3 Å². The lowest BCUT2D eigenvalue weighted by Crippen LogP contribution is -2.34. The highest BCUT2D eigenvalue weighted by molar-refractivity contribution is 5.80. The third-order valence-electron chi connectivity index (χ3n) is 3.91. The number of hydrogen-bond donors (Lipinski definition) is 1. The Bertz CT molecular complexity index is 901. The number of hydrogen-bond acceptors (Lipinski definition) is 5. The quantitative estimate of drug-likeness (QED) is 0.670. The zero-order valence-electron chi connectivity index (χ0n) is 14.5. The molecule has 0 aliphatic rings. The maximum Gasteiger partial charge on any atom is 0.573 e. The van der Waals surface area contributed by atoms with Crippen LogP contribution < -0.4 is 10.1 Å². The van der Waals surface area contributed by atoms with E-state index >= 15 is 0 Å². The number of ether oxygens (including phenoxy) is 1. The fourth-order valence-corrected chi connectivity index (χ4v) is 2.63. The number of tetrazole rings is 1. The first-order valence-electron chi connectivity index (χ1n) is 8.30. The summed E-state index contributed by atoms with van der Waals surface area (Å²) in [6, 6.07) is 14.1. The first-order chi connectivity index (χ1) is 13.4. The van der Waals surface area contributed by atoms with Crippen LogP contribution >= 0.6 is 0 Å². The van der Waals surface area contributed by atoms with E-state index in [0.29, 0.717) is 6.42 Å². The van der Waals surface area contributed by atoms with Gasteiger partial charge in [-0.2, -0.15) is 0 Å². The molecule has 1 amide bonds. The molecule has 0 radical (unpaired) electrons. The van der Waals surface area contributed by atoms with Crippen LogP contribution in [-0.4, -0.2) is 32.5 Å². The molecule has 0 aliphatic carbocycles. The van der Waals surface area contributed by atoms with E-state index in [-0.39, 0.29) is 17.9 Å². The Hall–Kier alpha value is -3.43. The number of benzene rings is 2. The van der Waals surface area contributed by atoms with Gasteiger partial charge < -0.3 is 10.1 Å². The Labute approximate surface area is 158 Å². The Kier molecular flexibility index (Phi) is 5.87. The molecule has 1 N–H and O–H groups in total. The molecule has 0 spiro atoms.